The Balaban J connectivity index is 1.58. The summed E-state index contributed by atoms with van der Waals surface area (Å²) in [7, 11) is 1.64. The van der Waals surface area contributed by atoms with Crippen molar-refractivity contribution in [2.75, 3.05) is 31.6 Å². The predicted octanol–water partition coefficient (Wildman–Crippen LogP) is 4.77. The van der Waals surface area contributed by atoms with Gasteiger partial charge in [0.15, 0.2) is 0 Å². The summed E-state index contributed by atoms with van der Waals surface area (Å²) in [5.41, 5.74) is 2.19. The Morgan fingerprint density at radius 2 is 1.88 bits per heavy atom. The van der Waals surface area contributed by atoms with Gasteiger partial charge >= 0.3 is 0 Å². The summed E-state index contributed by atoms with van der Waals surface area (Å²) in [4.78, 5) is 21.7. The van der Waals surface area contributed by atoms with Crippen LogP contribution in [-0.4, -0.2) is 52.3 Å². The average Bonchev–Trinajstić information content (AvgIpc) is 3.18. The van der Waals surface area contributed by atoms with Crippen LogP contribution >= 0.6 is 23.2 Å². The van der Waals surface area contributed by atoms with Crippen LogP contribution in [0.15, 0.2) is 42.7 Å². The fourth-order valence-corrected chi connectivity index (χ4v) is 4.46. The van der Waals surface area contributed by atoms with Crippen LogP contribution in [0.25, 0.3) is 5.69 Å². The molecule has 0 N–H and O–H groups in total. The highest BCUT2D eigenvalue weighted by Crippen LogP contribution is 2.33. The number of halogens is 2. The van der Waals surface area contributed by atoms with Crippen molar-refractivity contribution < 1.29 is 9.53 Å². The third-order valence-corrected chi connectivity index (χ3v) is 6.57. The van der Waals surface area contributed by atoms with E-state index in [9.17, 15) is 4.79 Å². The number of nitrogens with zero attached hydrogens (tertiary/aromatic N) is 5. The summed E-state index contributed by atoms with van der Waals surface area (Å²) in [5, 5.41) is 5.38. The molecule has 0 unspecified atom stereocenters. The van der Waals surface area contributed by atoms with Crippen molar-refractivity contribution in [3.8, 4) is 11.4 Å². The van der Waals surface area contributed by atoms with Crippen molar-refractivity contribution in [2.24, 2.45) is 5.41 Å². The zero-order chi connectivity index (χ0) is 23.8. The molecule has 4 rings (SSSR count). The molecule has 2 heterocycles. The van der Waals surface area contributed by atoms with Crippen molar-refractivity contribution in [3.05, 3.63) is 64.2 Å². The van der Waals surface area contributed by atoms with Gasteiger partial charge < -0.3 is 14.5 Å². The maximum absolute atomic E-state index is 13.4. The molecular weight excluding hydrogens is 461 g/mol. The second kappa shape index (κ2) is 9.23. The Bertz CT molecular complexity index is 1180. The van der Waals surface area contributed by atoms with Crippen LogP contribution in [0.2, 0.25) is 10.0 Å². The van der Waals surface area contributed by atoms with Gasteiger partial charge in [-0.25, -0.2) is 9.67 Å². The van der Waals surface area contributed by atoms with E-state index in [0.29, 0.717) is 47.8 Å². The normalized spacial score (nSPS) is 16.1. The van der Waals surface area contributed by atoms with Gasteiger partial charge in [-0.3, -0.25) is 4.79 Å². The summed E-state index contributed by atoms with van der Waals surface area (Å²) < 4.78 is 7.35. The highest BCUT2D eigenvalue weighted by atomic mass is 35.5. The molecule has 0 radical (unpaired) electrons. The van der Waals surface area contributed by atoms with E-state index in [0.717, 1.165) is 16.9 Å². The number of amides is 1. The summed E-state index contributed by atoms with van der Waals surface area (Å²) in [6.45, 7) is 8.18. The smallest absolute Gasteiger partial charge is 0.230 e. The zero-order valence-electron chi connectivity index (χ0n) is 19.2. The topological polar surface area (TPSA) is 63.5 Å². The maximum Gasteiger partial charge on any atom is 0.230 e. The van der Waals surface area contributed by atoms with Crippen LogP contribution < -0.4 is 9.64 Å². The van der Waals surface area contributed by atoms with Crippen molar-refractivity contribution in [2.45, 2.75) is 27.3 Å². The third-order valence-electron chi connectivity index (χ3n) is 5.83. The first-order valence-electron chi connectivity index (χ1n) is 10.7. The minimum atomic E-state index is -0.568. The molecule has 0 aliphatic carbocycles. The molecule has 1 aromatic heterocycles. The number of aromatic nitrogens is 3. The van der Waals surface area contributed by atoms with Gasteiger partial charge in [-0.2, -0.15) is 5.10 Å². The highest BCUT2D eigenvalue weighted by molar-refractivity contribution is 6.42. The number of carbonyl (C=O) groups is 1. The number of methoxy groups -OCH3 is 1. The molecule has 9 heteroatoms. The fourth-order valence-electron chi connectivity index (χ4n) is 4.14. The molecule has 1 aliphatic heterocycles. The van der Waals surface area contributed by atoms with E-state index in [4.69, 9.17) is 27.9 Å². The van der Waals surface area contributed by atoms with E-state index in [1.807, 2.05) is 56.0 Å². The van der Waals surface area contributed by atoms with E-state index in [-0.39, 0.29) is 5.91 Å². The Morgan fingerprint density at radius 3 is 2.55 bits per heavy atom. The molecule has 3 aromatic rings. The Labute approximate surface area is 203 Å². The van der Waals surface area contributed by atoms with E-state index in [2.05, 4.69) is 15.0 Å². The monoisotopic (exact) mass is 487 g/mol. The molecule has 0 saturated carbocycles. The molecule has 1 aliphatic rings. The second-order valence-corrected chi connectivity index (χ2v) is 9.69. The number of hydrogen-bond acceptors (Lipinski definition) is 5. The molecule has 33 heavy (non-hydrogen) atoms. The molecule has 1 fully saturated rings. The lowest BCUT2D eigenvalue weighted by Gasteiger charge is -2.30. The first-order valence-corrected chi connectivity index (χ1v) is 11.5. The van der Waals surface area contributed by atoms with Crippen molar-refractivity contribution in [3.63, 3.8) is 0 Å². The van der Waals surface area contributed by atoms with Gasteiger partial charge in [0.1, 0.15) is 23.6 Å². The van der Waals surface area contributed by atoms with Gasteiger partial charge in [-0.05, 0) is 50.6 Å². The molecule has 7 nitrogen and oxygen atoms in total. The van der Waals surface area contributed by atoms with Gasteiger partial charge in [-0.15, -0.1) is 0 Å². The van der Waals surface area contributed by atoms with Crippen molar-refractivity contribution in [1.29, 1.82) is 0 Å². The molecule has 174 valence electrons. The number of anilines is 1. The van der Waals surface area contributed by atoms with Crippen LogP contribution in [0.3, 0.4) is 0 Å². The Kier molecular flexibility index (Phi) is 6.54. The van der Waals surface area contributed by atoms with Crippen molar-refractivity contribution >= 4 is 34.8 Å². The van der Waals surface area contributed by atoms with Crippen LogP contribution in [0.5, 0.6) is 5.75 Å². The van der Waals surface area contributed by atoms with Crippen molar-refractivity contribution in [1.82, 2.24) is 19.7 Å². The zero-order valence-corrected chi connectivity index (χ0v) is 20.7. The lowest BCUT2D eigenvalue weighted by atomic mass is 9.91. The molecule has 1 amide bonds. The minimum absolute atomic E-state index is 0.109. The summed E-state index contributed by atoms with van der Waals surface area (Å²) in [5.74, 6) is 1.49. The van der Waals surface area contributed by atoms with Gasteiger partial charge in [0.25, 0.3) is 0 Å². The van der Waals surface area contributed by atoms with Crippen LogP contribution in [-0.2, 0) is 11.3 Å². The molecule has 2 aromatic carbocycles. The summed E-state index contributed by atoms with van der Waals surface area (Å²) >= 11 is 12.2. The lowest BCUT2D eigenvalue weighted by Crippen LogP contribution is -2.41. The van der Waals surface area contributed by atoms with Gasteiger partial charge in [0, 0.05) is 37.9 Å². The van der Waals surface area contributed by atoms with Gasteiger partial charge in [0.05, 0.1) is 22.6 Å². The van der Waals surface area contributed by atoms with Crippen LogP contribution in [0.1, 0.15) is 25.2 Å². The second-order valence-electron chi connectivity index (χ2n) is 8.87. The minimum Gasteiger partial charge on any atom is -0.494 e. The standard InChI is InChI=1S/C24H27Cl2N5O2/c1-16-27-15-31(28-16)21-8-6-18(12-22(21)33-4)30-10-9-29(23(32)24(2,3)14-30)13-17-5-7-19(25)20(26)11-17/h5-8,11-12,15H,9-10,13-14H2,1-4H3. The quantitative estimate of drug-likeness (QED) is 0.518. The maximum atomic E-state index is 13.4. The van der Waals surface area contributed by atoms with Gasteiger partial charge in [0.2, 0.25) is 5.91 Å². The van der Waals surface area contributed by atoms with E-state index >= 15 is 0 Å². The van der Waals surface area contributed by atoms with E-state index < -0.39 is 5.41 Å². The van der Waals surface area contributed by atoms with E-state index in [1.165, 1.54) is 0 Å². The number of carbonyl (C=O) groups excluding carboxylic acids is 1. The number of benzene rings is 2. The molecule has 0 bridgehead atoms. The Morgan fingerprint density at radius 1 is 1.09 bits per heavy atom. The van der Waals surface area contributed by atoms with Gasteiger partial charge in [-0.1, -0.05) is 29.3 Å². The predicted molar refractivity (Wildman–Crippen MR) is 131 cm³/mol. The first kappa shape index (κ1) is 23.4. The van der Waals surface area contributed by atoms with E-state index in [1.54, 1.807) is 24.2 Å². The SMILES string of the molecule is COc1cc(N2CCN(Cc3ccc(Cl)c(Cl)c3)C(=O)C(C)(C)C2)ccc1-n1cnc(C)n1. The Hall–Kier alpha value is -2.77. The van der Waals surface area contributed by atoms with Crippen LogP contribution in [0.4, 0.5) is 5.69 Å². The molecule has 0 atom stereocenters. The number of rotatable bonds is 5. The number of aryl methyl sites for hydroxylation is 1. The molecule has 0 spiro atoms. The summed E-state index contributed by atoms with van der Waals surface area (Å²) in [6, 6.07) is 11.5. The molecular formula is C24H27Cl2N5O2. The lowest BCUT2D eigenvalue weighted by molar-refractivity contribution is -0.139. The number of hydrogen-bond donors (Lipinski definition) is 0. The summed E-state index contributed by atoms with van der Waals surface area (Å²) in [6.07, 6.45) is 1.67. The molecule has 1 saturated heterocycles. The van der Waals surface area contributed by atoms with Crippen LogP contribution in [0, 0.1) is 12.3 Å². The average molecular weight is 488 g/mol. The number of ether oxygens (including phenoxy) is 1. The largest absolute Gasteiger partial charge is 0.494 e. The highest BCUT2D eigenvalue weighted by Gasteiger charge is 2.37. The first-order chi connectivity index (χ1) is 15.7. The third kappa shape index (κ3) is 4.94. The fraction of sp³-hybridized carbons (Fsp3) is 0.375.